The Morgan fingerprint density at radius 2 is 2.24 bits per heavy atom. The van der Waals surface area contributed by atoms with E-state index in [-0.39, 0.29) is 36.1 Å². The summed E-state index contributed by atoms with van der Waals surface area (Å²) in [7, 11) is 0. The van der Waals surface area contributed by atoms with Crippen molar-refractivity contribution >= 4 is 23.5 Å². The number of rotatable bonds is 6. The van der Waals surface area contributed by atoms with Gasteiger partial charge in [-0.3, -0.25) is 9.69 Å². The van der Waals surface area contributed by atoms with Crippen LogP contribution >= 0.6 is 11.6 Å². The van der Waals surface area contributed by atoms with Crippen molar-refractivity contribution in [1.82, 2.24) is 15.5 Å². The Bertz CT molecular complexity index is 537. The molecular weight excluding hydrogens is 297 g/mol. The smallest absolute Gasteiger partial charge is 0.324 e. The van der Waals surface area contributed by atoms with Crippen molar-refractivity contribution in [3.05, 3.63) is 34.6 Å². The number of nitrogens with one attached hydrogen (secondary N) is 2. The minimum Gasteiger partial charge on any atom is -0.329 e. The predicted octanol–water partition coefficient (Wildman–Crippen LogP) is 2.07. The number of urea groups is 1. The van der Waals surface area contributed by atoms with Crippen LogP contribution in [0.5, 0.6) is 0 Å². The van der Waals surface area contributed by atoms with Gasteiger partial charge in [0.25, 0.3) is 0 Å². The third kappa shape index (κ3) is 3.51. The van der Waals surface area contributed by atoms with Crippen molar-refractivity contribution in [3.8, 4) is 0 Å². The summed E-state index contributed by atoms with van der Waals surface area (Å²) in [4.78, 5) is 24.0. The zero-order valence-electron chi connectivity index (χ0n) is 11.7. The lowest BCUT2D eigenvalue weighted by molar-refractivity contribution is -0.124. The van der Waals surface area contributed by atoms with Gasteiger partial charge in [-0.2, -0.15) is 0 Å². The zero-order chi connectivity index (χ0) is 15.4. The van der Waals surface area contributed by atoms with Gasteiger partial charge in [-0.1, -0.05) is 30.7 Å². The summed E-state index contributed by atoms with van der Waals surface area (Å²) in [5.74, 6) is -0.683. The molecule has 0 aromatic heterocycles. The van der Waals surface area contributed by atoms with Crippen molar-refractivity contribution in [3.63, 3.8) is 0 Å². The van der Waals surface area contributed by atoms with Gasteiger partial charge in [-0.05, 0) is 12.5 Å². The quantitative estimate of drug-likeness (QED) is 0.790. The summed E-state index contributed by atoms with van der Waals surface area (Å²) in [6.07, 6.45) is 0.664. The van der Waals surface area contributed by atoms with Gasteiger partial charge >= 0.3 is 6.03 Å². The first-order valence-corrected chi connectivity index (χ1v) is 7.18. The molecule has 0 saturated carbocycles. The van der Waals surface area contributed by atoms with Crippen LogP contribution in [0.15, 0.2) is 18.2 Å². The lowest BCUT2D eigenvalue weighted by atomic mass is 10.0. The average Bonchev–Trinajstić information content (AvgIpc) is 2.78. The van der Waals surface area contributed by atoms with Gasteiger partial charge in [0.1, 0.15) is 5.82 Å². The second kappa shape index (κ2) is 6.87. The Balaban J connectivity index is 1.95. The van der Waals surface area contributed by atoms with Crippen LogP contribution in [0.4, 0.5) is 9.18 Å². The zero-order valence-corrected chi connectivity index (χ0v) is 12.4. The largest absolute Gasteiger partial charge is 0.329 e. The summed E-state index contributed by atoms with van der Waals surface area (Å²) in [6.45, 7) is 2.61. The fourth-order valence-electron chi connectivity index (χ4n) is 2.30. The molecule has 0 bridgehead atoms. The normalized spacial score (nSPS) is 16.2. The van der Waals surface area contributed by atoms with Crippen LogP contribution in [-0.4, -0.2) is 36.5 Å². The molecule has 1 aliphatic rings. The van der Waals surface area contributed by atoms with Crippen LogP contribution in [0.3, 0.4) is 0 Å². The summed E-state index contributed by atoms with van der Waals surface area (Å²) >= 11 is 5.78. The molecule has 2 N–H and O–H groups in total. The summed E-state index contributed by atoms with van der Waals surface area (Å²) in [5, 5.41) is 5.69. The predicted molar refractivity (Wildman–Crippen MR) is 77.6 cm³/mol. The molecular formula is C14H17ClFN3O2. The van der Waals surface area contributed by atoms with E-state index in [0.29, 0.717) is 18.5 Å². The fourth-order valence-corrected chi connectivity index (χ4v) is 2.48. The highest BCUT2D eigenvalue weighted by molar-refractivity contribution is 6.30. The molecule has 0 aliphatic carbocycles. The van der Waals surface area contributed by atoms with E-state index < -0.39 is 5.82 Å². The van der Waals surface area contributed by atoms with Gasteiger partial charge in [-0.25, -0.2) is 9.18 Å². The molecule has 1 heterocycles. The molecule has 1 aromatic rings. The molecule has 1 aliphatic heterocycles. The molecule has 0 unspecified atom stereocenters. The van der Waals surface area contributed by atoms with Crippen molar-refractivity contribution < 1.29 is 14.0 Å². The molecule has 1 saturated heterocycles. The van der Waals surface area contributed by atoms with Crippen molar-refractivity contribution in [2.45, 2.75) is 19.4 Å². The van der Waals surface area contributed by atoms with E-state index in [2.05, 4.69) is 10.6 Å². The van der Waals surface area contributed by atoms with Crippen LogP contribution in [0, 0.1) is 5.82 Å². The minimum absolute atomic E-state index is 0.0406. The molecule has 1 fully saturated rings. The molecule has 21 heavy (non-hydrogen) atoms. The van der Waals surface area contributed by atoms with E-state index in [1.54, 1.807) is 12.1 Å². The minimum atomic E-state index is -0.437. The van der Waals surface area contributed by atoms with Crippen LogP contribution < -0.4 is 10.6 Å². The summed E-state index contributed by atoms with van der Waals surface area (Å²) in [6, 6.07) is 4.27. The van der Waals surface area contributed by atoms with Gasteiger partial charge in [0.2, 0.25) is 5.91 Å². The number of halogens is 2. The van der Waals surface area contributed by atoms with E-state index >= 15 is 0 Å². The van der Waals surface area contributed by atoms with Crippen LogP contribution in [-0.2, 0) is 4.79 Å². The molecule has 5 nitrogen and oxygen atoms in total. The van der Waals surface area contributed by atoms with Crippen molar-refractivity contribution in [2.75, 3.05) is 19.6 Å². The first-order chi connectivity index (χ1) is 10.0. The lowest BCUT2D eigenvalue weighted by Crippen LogP contribution is -2.38. The van der Waals surface area contributed by atoms with Gasteiger partial charge in [0, 0.05) is 24.7 Å². The van der Waals surface area contributed by atoms with Crippen molar-refractivity contribution in [1.29, 1.82) is 0 Å². The Morgan fingerprint density at radius 3 is 2.86 bits per heavy atom. The Hall–Kier alpha value is -1.66. The van der Waals surface area contributed by atoms with E-state index in [9.17, 15) is 14.0 Å². The second-order valence-electron chi connectivity index (χ2n) is 4.76. The molecule has 0 radical (unpaired) electrons. The number of imide groups is 1. The monoisotopic (exact) mass is 313 g/mol. The number of hydrogen-bond acceptors (Lipinski definition) is 3. The molecule has 3 amide bonds. The Morgan fingerprint density at radius 1 is 1.48 bits per heavy atom. The maximum absolute atomic E-state index is 14.0. The van der Waals surface area contributed by atoms with Gasteiger partial charge in [0.05, 0.1) is 11.6 Å². The van der Waals surface area contributed by atoms with Gasteiger partial charge in [0.15, 0.2) is 0 Å². The Kier molecular flexibility index (Phi) is 5.14. The molecule has 114 valence electrons. The van der Waals surface area contributed by atoms with E-state index in [1.165, 1.54) is 6.07 Å². The van der Waals surface area contributed by atoms with Gasteiger partial charge in [-0.15, -0.1) is 0 Å². The number of benzene rings is 1. The second-order valence-corrected chi connectivity index (χ2v) is 5.17. The number of amides is 3. The van der Waals surface area contributed by atoms with E-state index in [0.717, 1.165) is 4.90 Å². The van der Waals surface area contributed by atoms with Crippen LogP contribution in [0.1, 0.15) is 24.9 Å². The van der Waals surface area contributed by atoms with Gasteiger partial charge < -0.3 is 10.6 Å². The SMILES string of the molecule is CC[C@H](NCCN1C(=O)CNC1=O)c1cccc(Cl)c1F. The molecule has 2 rings (SSSR count). The Labute approximate surface area is 127 Å². The van der Waals surface area contributed by atoms with Crippen molar-refractivity contribution in [2.24, 2.45) is 0 Å². The summed E-state index contributed by atoms with van der Waals surface area (Å²) < 4.78 is 14.0. The fraction of sp³-hybridized carbons (Fsp3) is 0.429. The first kappa shape index (κ1) is 15.7. The van der Waals surface area contributed by atoms with E-state index in [4.69, 9.17) is 11.6 Å². The lowest BCUT2D eigenvalue weighted by Gasteiger charge is -2.20. The first-order valence-electron chi connectivity index (χ1n) is 6.80. The van der Waals surface area contributed by atoms with Crippen LogP contribution in [0.2, 0.25) is 5.02 Å². The maximum Gasteiger partial charge on any atom is 0.324 e. The molecule has 0 spiro atoms. The maximum atomic E-state index is 14.0. The number of nitrogens with zero attached hydrogens (tertiary/aromatic N) is 1. The highest BCUT2D eigenvalue weighted by Gasteiger charge is 2.28. The molecule has 7 heteroatoms. The average molecular weight is 314 g/mol. The third-order valence-corrected chi connectivity index (χ3v) is 3.72. The van der Waals surface area contributed by atoms with Crippen LogP contribution in [0.25, 0.3) is 0 Å². The number of carbonyl (C=O) groups is 2. The highest BCUT2D eigenvalue weighted by Crippen LogP contribution is 2.25. The number of hydrogen-bond donors (Lipinski definition) is 2. The third-order valence-electron chi connectivity index (χ3n) is 3.43. The standard InChI is InChI=1S/C14H17ClFN3O2/c1-2-11(9-4-3-5-10(15)13(9)16)17-6-7-19-12(20)8-18-14(19)21/h3-5,11,17H,2,6-8H2,1H3,(H,18,21)/t11-/m0/s1. The topological polar surface area (TPSA) is 61.4 Å². The molecule has 1 atom stereocenters. The highest BCUT2D eigenvalue weighted by atomic mass is 35.5. The molecule has 1 aromatic carbocycles. The number of carbonyl (C=O) groups excluding carboxylic acids is 2. The summed E-state index contributed by atoms with van der Waals surface area (Å²) in [5.41, 5.74) is 0.488. The van der Waals surface area contributed by atoms with E-state index in [1.807, 2.05) is 6.92 Å².